The largest absolute Gasteiger partial charge is 0.507 e. The van der Waals surface area contributed by atoms with Crippen LogP contribution in [0.2, 0.25) is 5.02 Å². The number of methoxy groups -OCH3 is 1. The van der Waals surface area contributed by atoms with E-state index in [9.17, 15) is 14.7 Å². The lowest BCUT2D eigenvalue weighted by atomic mass is 9.94. The van der Waals surface area contributed by atoms with Gasteiger partial charge in [0.25, 0.3) is 11.7 Å². The van der Waals surface area contributed by atoms with E-state index >= 15 is 0 Å². The number of hydrogen-bond donors (Lipinski definition) is 1. The van der Waals surface area contributed by atoms with Gasteiger partial charge in [0.2, 0.25) is 0 Å². The fourth-order valence-electron chi connectivity index (χ4n) is 4.09. The molecule has 1 amide bonds. The molecule has 0 saturated carbocycles. The van der Waals surface area contributed by atoms with Crippen LogP contribution in [0.4, 0.5) is 5.69 Å². The molecular weight excluding hydrogens is 454 g/mol. The highest BCUT2D eigenvalue weighted by Gasteiger charge is 2.47. The first-order valence-corrected chi connectivity index (χ1v) is 11.2. The first-order chi connectivity index (χ1) is 16.3. The molecule has 0 radical (unpaired) electrons. The van der Waals surface area contributed by atoms with Crippen LogP contribution in [0, 0.1) is 6.92 Å². The van der Waals surface area contributed by atoms with Gasteiger partial charge in [0, 0.05) is 11.3 Å². The highest BCUT2D eigenvalue weighted by atomic mass is 35.5. The summed E-state index contributed by atoms with van der Waals surface area (Å²) in [6, 6.07) is 18.3. The normalized spacial score (nSPS) is 17.2. The summed E-state index contributed by atoms with van der Waals surface area (Å²) in [7, 11) is 1.46. The number of hydrogen-bond acceptors (Lipinski definition) is 5. The molecule has 1 heterocycles. The zero-order valence-electron chi connectivity index (χ0n) is 19.0. The first kappa shape index (κ1) is 23.4. The summed E-state index contributed by atoms with van der Waals surface area (Å²) >= 11 is 6.13. The van der Waals surface area contributed by atoms with Gasteiger partial charge in [0.05, 0.1) is 30.4 Å². The van der Waals surface area contributed by atoms with Crippen molar-refractivity contribution in [3.8, 4) is 11.5 Å². The summed E-state index contributed by atoms with van der Waals surface area (Å²) in [4.78, 5) is 27.9. The molecule has 1 fully saturated rings. The Bertz CT molecular complexity index is 1280. The van der Waals surface area contributed by atoms with E-state index in [4.69, 9.17) is 21.1 Å². The van der Waals surface area contributed by atoms with Crippen LogP contribution < -0.4 is 14.4 Å². The molecule has 34 heavy (non-hydrogen) atoms. The molecule has 174 valence electrons. The Morgan fingerprint density at radius 3 is 2.44 bits per heavy atom. The van der Waals surface area contributed by atoms with Gasteiger partial charge < -0.3 is 14.6 Å². The van der Waals surface area contributed by atoms with Crippen molar-refractivity contribution in [2.75, 3.05) is 18.6 Å². The molecule has 0 spiro atoms. The number of benzene rings is 3. The summed E-state index contributed by atoms with van der Waals surface area (Å²) in [6.07, 6.45) is 0. The number of aliphatic hydroxyl groups is 1. The Morgan fingerprint density at radius 2 is 1.79 bits per heavy atom. The Kier molecular flexibility index (Phi) is 6.61. The van der Waals surface area contributed by atoms with Gasteiger partial charge in [-0.1, -0.05) is 41.4 Å². The van der Waals surface area contributed by atoms with Crippen LogP contribution in [0.1, 0.15) is 29.7 Å². The SMILES string of the molecule is CCOc1ccc(N2C(=O)C(=O)/C(=C(\O)c3ccc(Cl)c(OC)c3)C2c2cccc(C)c2)cc1. The third-order valence-corrected chi connectivity index (χ3v) is 5.96. The molecule has 1 aliphatic rings. The highest BCUT2D eigenvalue weighted by Crippen LogP contribution is 2.43. The number of aliphatic hydroxyl groups excluding tert-OH is 1. The number of carbonyl (C=O) groups excluding carboxylic acids is 2. The van der Waals surface area contributed by atoms with Gasteiger partial charge in [0.1, 0.15) is 17.3 Å². The second-order valence-electron chi connectivity index (χ2n) is 7.86. The van der Waals surface area contributed by atoms with E-state index in [-0.39, 0.29) is 11.3 Å². The van der Waals surface area contributed by atoms with Crippen LogP contribution >= 0.6 is 11.6 Å². The van der Waals surface area contributed by atoms with E-state index in [0.717, 1.165) is 5.56 Å². The molecular formula is C27H24ClNO5. The van der Waals surface area contributed by atoms with Crippen LogP contribution in [0.3, 0.4) is 0 Å². The fourth-order valence-corrected chi connectivity index (χ4v) is 4.28. The lowest BCUT2D eigenvalue weighted by molar-refractivity contribution is -0.132. The lowest BCUT2D eigenvalue weighted by Gasteiger charge is -2.26. The van der Waals surface area contributed by atoms with Crippen molar-refractivity contribution < 1.29 is 24.2 Å². The minimum absolute atomic E-state index is 0.00568. The summed E-state index contributed by atoms with van der Waals surface area (Å²) < 4.78 is 10.8. The molecule has 4 rings (SSSR count). The van der Waals surface area contributed by atoms with Crippen molar-refractivity contribution in [1.82, 2.24) is 0 Å². The topological polar surface area (TPSA) is 76.1 Å². The predicted molar refractivity (Wildman–Crippen MR) is 132 cm³/mol. The third-order valence-electron chi connectivity index (χ3n) is 5.65. The molecule has 0 bridgehead atoms. The zero-order valence-corrected chi connectivity index (χ0v) is 19.8. The van der Waals surface area contributed by atoms with E-state index in [0.29, 0.717) is 39.9 Å². The number of rotatable bonds is 6. The van der Waals surface area contributed by atoms with Crippen LogP contribution in [-0.4, -0.2) is 30.5 Å². The molecule has 1 saturated heterocycles. The summed E-state index contributed by atoms with van der Waals surface area (Å²) in [5.74, 6) is -0.792. The molecule has 1 aliphatic heterocycles. The highest BCUT2D eigenvalue weighted by molar-refractivity contribution is 6.51. The Labute approximate surface area is 203 Å². The Morgan fingerprint density at radius 1 is 1.06 bits per heavy atom. The monoisotopic (exact) mass is 477 g/mol. The van der Waals surface area contributed by atoms with Gasteiger partial charge in [0.15, 0.2) is 0 Å². The number of nitrogens with zero attached hydrogens (tertiary/aromatic N) is 1. The van der Waals surface area contributed by atoms with E-state index in [1.54, 1.807) is 36.4 Å². The minimum Gasteiger partial charge on any atom is -0.507 e. The van der Waals surface area contributed by atoms with Crippen LogP contribution in [0.5, 0.6) is 11.5 Å². The number of amides is 1. The number of ketones is 1. The van der Waals surface area contributed by atoms with Gasteiger partial charge in [-0.05, 0) is 61.9 Å². The maximum Gasteiger partial charge on any atom is 0.300 e. The maximum absolute atomic E-state index is 13.3. The number of carbonyl (C=O) groups is 2. The predicted octanol–water partition coefficient (Wildman–Crippen LogP) is 5.68. The van der Waals surface area contributed by atoms with Crippen molar-refractivity contribution in [2.24, 2.45) is 0 Å². The maximum atomic E-state index is 13.3. The molecule has 1 atom stereocenters. The smallest absolute Gasteiger partial charge is 0.300 e. The summed E-state index contributed by atoms with van der Waals surface area (Å²) in [5, 5.41) is 11.6. The quantitative estimate of drug-likeness (QED) is 0.281. The van der Waals surface area contributed by atoms with Gasteiger partial charge in [-0.25, -0.2) is 0 Å². The van der Waals surface area contributed by atoms with Crippen molar-refractivity contribution >= 4 is 34.7 Å². The lowest BCUT2D eigenvalue weighted by Crippen LogP contribution is -2.29. The van der Waals surface area contributed by atoms with E-state index in [1.165, 1.54) is 18.1 Å². The van der Waals surface area contributed by atoms with Crippen LogP contribution in [0.25, 0.3) is 5.76 Å². The van der Waals surface area contributed by atoms with E-state index < -0.39 is 17.7 Å². The van der Waals surface area contributed by atoms with Gasteiger partial charge in [-0.15, -0.1) is 0 Å². The first-order valence-electron chi connectivity index (χ1n) is 10.8. The molecule has 1 N–H and O–H groups in total. The molecule has 3 aromatic rings. The number of Topliss-reactive ketones (excluding diaryl/α,β-unsaturated/α-hetero) is 1. The van der Waals surface area contributed by atoms with Gasteiger partial charge >= 0.3 is 0 Å². The van der Waals surface area contributed by atoms with Crippen molar-refractivity contribution in [3.05, 3.63) is 94.0 Å². The Hall–Kier alpha value is -3.77. The molecule has 1 unspecified atom stereocenters. The number of halogens is 1. The molecule has 3 aromatic carbocycles. The van der Waals surface area contributed by atoms with E-state index in [1.807, 2.05) is 38.1 Å². The molecule has 0 aromatic heterocycles. The van der Waals surface area contributed by atoms with Gasteiger partial charge in [-0.3, -0.25) is 14.5 Å². The summed E-state index contributed by atoms with van der Waals surface area (Å²) in [5.41, 5.74) is 2.50. The molecule has 7 heteroatoms. The second kappa shape index (κ2) is 9.61. The van der Waals surface area contributed by atoms with Crippen molar-refractivity contribution in [1.29, 1.82) is 0 Å². The zero-order chi connectivity index (χ0) is 24.4. The molecule has 6 nitrogen and oxygen atoms in total. The summed E-state index contributed by atoms with van der Waals surface area (Å²) in [6.45, 7) is 4.32. The standard InChI is InChI=1S/C27H24ClNO5/c1-4-34-20-11-9-19(10-12-20)29-24(17-7-5-6-16(2)14-17)23(26(31)27(29)32)25(30)18-8-13-21(28)22(15-18)33-3/h5-15,24,30H,4H2,1-3H3/b25-23-. The van der Waals surface area contributed by atoms with Crippen LogP contribution in [0.15, 0.2) is 72.3 Å². The average Bonchev–Trinajstić information content (AvgIpc) is 3.10. The minimum atomic E-state index is -0.820. The average molecular weight is 478 g/mol. The molecule has 0 aliphatic carbocycles. The number of aryl methyl sites for hydroxylation is 1. The van der Waals surface area contributed by atoms with Crippen LogP contribution in [-0.2, 0) is 9.59 Å². The third kappa shape index (κ3) is 4.24. The second-order valence-corrected chi connectivity index (χ2v) is 8.27. The Balaban J connectivity index is 1.91. The number of anilines is 1. The van der Waals surface area contributed by atoms with E-state index in [2.05, 4.69) is 0 Å². The number of ether oxygens (including phenoxy) is 2. The van der Waals surface area contributed by atoms with Crippen molar-refractivity contribution in [2.45, 2.75) is 19.9 Å². The fraction of sp³-hybridized carbons (Fsp3) is 0.185. The van der Waals surface area contributed by atoms with Gasteiger partial charge in [-0.2, -0.15) is 0 Å². The van der Waals surface area contributed by atoms with Crippen molar-refractivity contribution in [3.63, 3.8) is 0 Å².